The molecule has 0 heterocycles. The minimum Gasteiger partial charge on any atom is -0.477 e. The highest BCUT2D eigenvalue weighted by Gasteiger charge is 2.31. The molecule has 0 amide bonds. The third kappa shape index (κ3) is 33.8. The van der Waals surface area contributed by atoms with Gasteiger partial charge in [-0.2, -0.15) is 0 Å². The van der Waals surface area contributed by atoms with Crippen LogP contribution in [0, 0.1) is 0 Å². The number of quaternary nitrogens is 1. The lowest BCUT2D eigenvalue weighted by Crippen LogP contribution is -2.50. The molecule has 0 aliphatic rings. The number of carbonyl (C=O) groups is 3. The molecular formula is C46H72NO7+. The molecule has 0 spiro atoms. The third-order valence-electron chi connectivity index (χ3n) is 7.93. The van der Waals surface area contributed by atoms with E-state index in [2.05, 4.69) is 111 Å². The second-order valence-corrected chi connectivity index (χ2v) is 13.8. The first-order valence-corrected chi connectivity index (χ1v) is 19.9. The van der Waals surface area contributed by atoms with Crippen LogP contribution >= 0.6 is 0 Å². The number of carboxylic acids is 1. The second kappa shape index (κ2) is 36.0. The zero-order valence-electron chi connectivity index (χ0n) is 34.1. The van der Waals surface area contributed by atoms with Gasteiger partial charge in [-0.05, 0) is 77.0 Å². The SMILES string of the molecule is CC/C=C/C/C=C/C/C=C/C/C=C/C/C=C/C/C=C/CCC(=O)OCC(COCCC(C(=O)O)[N+](C)(C)C)OC(=O)CCC/C=C/C/C=C/C/C=C/CC. The molecule has 0 bridgehead atoms. The maximum Gasteiger partial charge on any atom is 0.362 e. The van der Waals surface area contributed by atoms with Crippen molar-refractivity contribution in [3.63, 3.8) is 0 Å². The number of hydrogen-bond acceptors (Lipinski definition) is 6. The summed E-state index contributed by atoms with van der Waals surface area (Å²) < 4.78 is 17.0. The van der Waals surface area contributed by atoms with Gasteiger partial charge in [-0.1, -0.05) is 123 Å². The van der Waals surface area contributed by atoms with Crippen molar-refractivity contribution in [2.45, 2.75) is 122 Å². The van der Waals surface area contributed by atoms with Crippen LogP contribution in [0.3, 0.4) is 0 Å². The van der Waals surface area contributed by atoms with Crippen LogP contribution in [-0.4, -0.2) is 80.6 Å². The first kappa shape index (κ1) is 50.0. The summed E-state index contributed by atoms with van der Waals surface area (Å²) in [4.78, 5) is 36.8. The summed E-state index contributed by atoms with van der Waals surface area (Å²) >= 11 is 0. The van der Waals surface area contributed by atoms with E-state index in [0.717, 1.165) is 64.2 Å². The van der Waals surface area contributed by atoms with Crippen molar-refractivity contribution >= 4 is 17.9 Å². The third-order valence-corrected chi connectivity index (χ3v) is 7.93. The Bertz CT molecular complexity index is 1240. The Morgan fingerprint density at radius 3 is 1.41 bits per heavy atom. The summed E-state index contributed by atoms with van der Waals surface area (Å²) in [6, 6.07) is -0.640. The van der Waals surface area contributed by atoms with E-state index in [9.17, 15) is 19.5 Å². The molecule has 0 aliphatic heterocycles. The number of likely N-dealkylation sites (N-methyl/N-ethyl adjacent to an activating group) is 1. The van der Waals surface area contributed by atoms with Gasteiger partial charge in [0.1, 0.15) is 6.61 Å². The highest BCUT2D eigenvalue weighted by molar-refractivity contribution is 5.72. The Morgan fingerprint density at radius 2 is 0.981 bits per heavy atom. The predicted molar refractivity (Wildman–Crippen MR) is 224 cm³/mol. The highest BCUT2D eigenvalue weighted by atomic mass is 16.6. The number of nitrogens with zero attached hydrogens (tertiary/aromatic N) is 1. The van der Waals surface area contributed by atoms with Crippen molar-refractivity contribution in [1.29, 1.82) is 0 Å². The highest BCUT2D eigenvalue weighted by Crippen LogP contribution is 2.10. The molecule has 2 unspecified atom stereocenters. The molecule has 0 aliphatic carbocycles. The molecule has 302 valence electrons. The molecule has 8 nitrogen and oxygen atoms in total. The quantitative estimate of drug-likeness (QED) is 0.0309. The summed E-state index contributed by atoms with van der Waals surface area (Å²) in [7, 11) is 5.46. The van der Waals surface area contributed by atoms with E-state index in [-0.39, 0.29) is 49.1 Å². The van der Waals surface area contributed by atoms with Crippen LogP contribution < -0.4 is 0 Å². The van der Waals surface area contributed by atoms with E-state index in [1.165, 1.54) is 0 Å². The van der Waals surface area contributed by atoms with Crippen molar-refractivity contribution in [2.24, 2.45) is 0 Å². The van der Waals surface area contributed by atoms with Gasteiger partial charge in [0.05, 0.1) is 34.4 Å². The van der Waals surface area contributed by atoms with Gasteiger partial charge < -0.3 is 23.8 Å². The van der Waals surface area contributed by atoms with Gasteiger partial charge in [-0.25, -0.2) is 4.79 Å². The first-order valence-electron chi connectivity index (χ1n) is 19.9. The predicted octanol–water partition coefficient (Wildman–Crippen LogP) is 10.5. The lowest BCUT2D eigenvalue weighted by atomic mass is 10.1. The Kier molecular flexibility index (Phi) is 33.3. The van der Waals surface area contributed by atoms with E-state index < -0.39 is 18.1 Å². The maximum atomic E-state index is 12.6. The molecule has 0 aromatic carbocycles. The van der Waals surface area contributed by atoms with E-state index in [0.29, 0.717) is 19.3 Å². The lowest BCUT2D eigenvalue weighted by Gasteiger charge is -2.31. The van der Waals surface area contributed by atoms with Gasteiger partial charge in [-0.3, -0.25) is 9.59 Å². The number of rotatable bonds is 33. The molecule has 0 fully saturated rings. The summed E-state index contributed by atoms with van der Waals surface area (Å²) in [5.74, 6) is -1.67. The van der Waals surface area contributed by atoms with Gasteiger partial charge in [0, 0.05) is 19.3 Å². The van der Waals surface area contributed by atoms with Crippen molar-refractivity contribution in [3.05, 3.63) is 109 Å². The summed E-state index contributed by atoms with van der Waals surface area (Å²) in [5.41, 5.74) is 0. The number of esters is 2. The molecule has 0 radical (unpaired) electrons. The van der Waals surface area contributed by atoms with Crippen molar-refractivity contribution in [2.75, 3.05) is 41.0 Å². The number of allylic oxidation sites excluding steroid dienone is 18. The molecule has 2 atom stereocenters. The average Bonchev–Trinajstić information content (AvgIpc) is 3.12. The van der Waals surface area contributed by atoms with Gasteiger partial charge in [0.2, 0.25) is 0 Å². The van der Waals surface area contributed by atoms with Crippen molar-refractivity contribution in [3.8, 4) is 0 Å². The van der Waals surface area contributed by atoms with Gasteiger partial charge in [-0.15, -0.1) is 0 Å². The molecular weight excluding hydrogens is 679 g/mol. The average molecular weight is 751 g/mol. The minimum atomic E-state index is -0.899. The fourth-order valence-electron chi connectivity index (χ4n) is 4.90. The Labute approximate surface area is 328 Å². The molecule has 0 saturated carbocycles. The Morgan fingerprint density at radius 1 is 0.556 bits per heavy atom. The molecule has 0 aromatic rings. The van der Waals surface area contributed by atoms with Crippen LogP contribution in [0.2, 0.25) is 0 Å². The number of unbranched alkanes of at least 4 members (excludes halogenated alkanes) is 1. The van der Waals surface area contributed by atoms with Gasteiger partial charge in [0.15, 0.2) is 12.1 Å². The van der Waals surface area contributed by atoms with Crippen LogP contribution in [0.25, 0.3) is 0 Å². The maximum absolute atomic E-state index is 12.6. The monoisotopic (exact) mass is 751 g/mol. The Hall–Kier alpha value is -4.01. The number of carboxylic acid groups (broad SMARTS) is 1. The second-order valence-electron chi connectivity index (χ2n) is 13.8. The smallest absolute Gasteiger partial charge is 0.362 e. The zero-order valence-corrected chi connectivity index (χ0v) is 34.1. The zero-order chi connectivity index (χ0) is 40.0. The topological polar surface area (TPSA) is 99.1 Å². The number of hydrogen-bond donors (Lipinski definition) is 1. The van der Waals surface area contributed by atoms with Crippen LogP contribution in [0.4, 0.5) is 0 Å². The fourth-order valence-corrected chi connectivity index (χ4v) is 4.90. The molecule has 0 aromatic heterocycles. The van der Waals surface area contributed by atoms with Crippen LogP contribution in [0.15, 0.2) is 109 Å². The molecule has 8 heteroatoms. The van der Waals surface area contributed by atoms with Crippen LogP contribution in [0.1, 0.15) is 110 Å². The van der Waals surface area contributed by atoms with Crippen molar-refractivity contribution in [1.82, 2.24) is 0 Å². The Balaban J connectivity index is 4.58. The van der Waals surface area contributed by atoms with E-state index in [4.69, 9.17) is 14.2 Å². The standard InChI is InChI=1S/C46H71NO7/c1-6-8-10-12-14-16-18-19-20-21-22-23-24-25-27-28-30-32-34-36-44(48)53-41-42(40-52-39-38-43(46(50)51)47(3,4)5)54-45(49)37-35-33-31-29-26-17-15-13-11-9-7-2/h8-11,14-17,19-20,22-23,25,27,29-32,42-43H,6-7,12-13,18,21,24,26,28,33-41H2,1-5H3/p+1/b10-8+,11-9+,16-14+,17-15+,20-19+,23-22+,27-25+,31-29+,32-30+. The normalized spacial score (nSPS) is 14.2. The lowest BCUT2D eigenvalue weighted by molar-refractivity contribution is -0.887. The number of carbonyl (C=O) groups excluding carboxylic acids is 2. The van der Waals surface area contributed by atoms with Crippen molar-refractivity contribution < 1.29 is 38.2 Å². The largest absolute Gasteiger partial charge is 0.477 e. The summed E-state index contributed by atoms with van der Waals surface area (Å²) in [6.07, 6.45) is 48.8. The van der Waals surface area contributed by atoms with Crippen LogP contribution in [-0.2, 0) is 28.6 Å². The molecule has 1 N–H and O–H groups in total. The molecule has 0 rings (SSSR count). The van der Waals surface area contributed by atoms with Gasteiger partial charge in [0.25, 0.3) is 0 Å². The van der Waals surface area contributed by atoms with E-state index in [1.807, 2.05) is 33.3 Å². The number of ether oxygens (including phenoxy) is 3. The summed E-state index contributed by atoms with van der Waals surface area (Å²) in [6.45, 7) is 4.32. The molecule has 54 heavy (non-hydrogen) atoms. The fraction of sp³-hybridized carbons (Fsp3) is 0.543. The molecule has 0 saturated heterocycles. The van der Waals surface area contributed by atoms with E-state index >= 15 is 0 Å². The number of aliphatic carboxylic acids is 1. The van der Waals surface area contributed by atoms with Gasteiger partial charge >= 0.3 is 17.9 Å². The van der Waals surface area contributed by atoms with Crippen LogP contribution in [0.5, 0.6) is 0 Å². The van der Waals surface area contributed by atoms with E-state index in [1.54, 1.807) is 0 Å². The minimum absolute atomic E-state index is 0.00926. The summed E-state index contributed by atoms with van der Waals surface area (Å²) in [5, 5.41) is 9.59. The first-order chi connectivity index (χ1) is 26.1.